The van der Waals surface area contributed by atoms with Crippen LogP contribution in [0.3, 0.4) is 0 Å². The quantitative estimate of drug-likeness (QED) is 0.724. The molecule has 1 aromatic carbocycles. The first kappa shape index (κ1) is 10.1. The molecule has 0 saturated heterocycles. The molecule has 15 heavy (non-hydrogen) atoms. The van der Waals surface area contributed by atoms with Gasteiger partial charge in [0.25, 0.3) is 0 Å². The molecule has 1 aliphatic rings. The van der Waals surface area contributed by atoms with Crippen molar-refractivity contribution in [1.82, 2.24) is 0 Å². The summed E-state index contributed by atoms with van der Waals surface area (Å²) in [6.45, 7) is 0. The topological polar surface area (TPSA) is 40.9 Å². The Kier molecular flexibility index (Phi) is 2.45. The molecule has 2 unspecified atom stereocenters. The molecule has 1 fully saturated rings. The number of benzene rings is 1. The Hall–Kier alpha value is -1.40. The molecule has 4 heteroatoms. The van der Waals surface area contributed by atoms with Crippen LogP contribution < -0.4 is 0 Å². The first-order valence-electron chi connectivity index (χ1n) is 4.52. The van der Waals surface area contributed by atoms with Crippen LogP contribution in [0, 0.1) is 29.0 Å². The van der Waals surface area contributed by atoms with Crippen molar-refractivity contribution in [1.29, 1.82) is 5.26 Å². The molecular formula is C11H7ClFNO. The number of hydrogen-bond donors (Lipinski definition) is 0. The van der Waals surface area contributed by atoms with Gasteiger partial charge in [0.15, 0.2) is 5.78 Å². The molecule has 76 valence electrons. The van der Waals surface area contributed by atoms with Crippen LogP contribution in [0.15, 0.2) is 18.2 Å². The van der Waals surface area contributed by atoms with Crippen molar-refractivity contribution >= 4 is 17.4 Å². The minimum atomic E-state index is -0.468. The van der Waals surface area contributed by atoms with E-state index in [0.29, 0.717) is 12.0 Å². The summed E-state index contributed by atoms with van der Waals surface area (Å²) in [5, 5.41) is 8.70. The second-order valence-electron chi connectivity index (χ2n) is 3.57. The highest BCUT2D eigenvalue weighted by Crippen LogP contribution is 2.41. The van der Waals surface area contributed by atoms with Crippen LogP contribution in [0.1, 0.15) is 16.8 Å². The fraction of sp³-hybridized carbons (Fsp3) is 0.273. The molecule has 0 radical (unpaired) electrons. The lowest BCUT2D eigenvalue weighted by atomic mass is 10.1. The number of nitrogens with zero attached hydrogens (tertiary/aromatic N) is 1. The first-order chi connectivity index (χ1) is 7.13. The van der Waals surface area contributed by atoms with Gasteiger partial charge in [0.1, 0.15) is 5.82 Å². The van der Waals surface area contributed by atoms with Crippen molar-refractivity contribution in [3.8, 4) is 6.07 Å². The smallest absolute Gasteiger partial charge is 0.168 e. The van der Waals surface area contributed by atoms with Crippen molar-refractivity contribution in [3.05, 3.63) is 34.6 Å². The molecule has 2 rings (SSSR count). The molecule has 0 aliphatic heterocycles. The number of ketones is 1. The van der Waals surface area contributed by atoms with Gasteiger partial charge in [-0.3, -0.25) is 4.79 Å². The van der Waals surface area contributed by atoms with Gasteiger partial charge in [0, 0.05) is 11.5 Å². The van der Waals surface area contributed by atoms with Crippen molar-refractivity contribution < 1.29 is 9.18 Å². The second-order valence-corrected chi connectivity index (χ2v) is 3.97. The average molecular weight is 224 g/mol. The Morgan fingerprint density at radius 2 is 2.33 bits per heavy atom. The normalized spacial score (nSPS) is 23.3. The molecule has 2 atom stereocenters. The first-order valence-corrected chi connectivity index (χ1v) is 4.90. The van der Waals surface area contributed by atoms with Gasteiger partial charge in [-0.15, -0.1) is 0 Å². The lowest BCUT2D eigenvalue weighted by molar-refractivity contribution is 0.0964. The fourth-order valence-electron chi connectivity index (χ4n) is 1.52. The van der Waals surface area contributed by atoms with Gasteiger partial charge in [0.05, 0.1) is 17.0 Å². The van der Waals surface area contributed by atoms with Crippen LogP contribution >= 0.6 is 11.6 Å². The summed E-state index contributed by atoms with van der Waals surface area (Å²) < 4.78 is 12.7. The lowest BCUT2D eigenvalue weighted by Gasteiger charge is -2.01. The van der Waals surface area contributed by atoms with Crippen molar-refractivity contribution in [3.63, 3.8) is 0 Å². The van der Waals surface area contributed by atoms with Crippen LogP contribution in [0.25, 0.3) is 0 Å². The summed E-state index contributed by atoms with van der Waals surface area (Å²) in [5.41, 5.74) is 0.306. The third-order valence-corrected chi connectivity index (χ3v) is 2.80. The molecule has 1 aromatic rings. The van der Waals surface area contributed by atoms with Crippen molar-refractivity contribution in [2.45, 2.75) is 6.42 Å². The minimum absolute atomic E-state index is 0.114. The summed E-state index contributed by atoms with van der Waals surface area (Å²) >= 11 is 5.74. The Labute approximate surface area is 91.3 Å². The number of nitriles is 1. The van der Waals surface area contributed by atoms with Gasteiger partial charge >= 0.3 is 0 Å². The van der Waals surface area contributed by atoms with Gasteiger partial charge in [-0.2, -0.15) is 5.26 Å². The maximum absolute atomic E-state index is 12.7. The Bertz CT molecular complexity index is 466. The van der Waals surface area contributed by atoms with Gasteiger partial charge in [-0.1, -0.05) is 11.6 Å². The number of hydrogen-bond acceptors (Lipinski definition) is 2. The van der Waals surface area contributed by atoms with Crippen molar-refractivity contribution in [2.75, 3.05) is 0 Å². The number of carbonyl (C=O) groups is 1. The molecule has 0 aromatic heterocycles. The standard InChI is InChI=1S/C11H7ClFNO/c12-10-4-7(13)1-2-8(10)11(15)9-3-6(9)5-14/h1-2,4,6,9H,3H2. The van der Waals surface area contributed by atoms with E-state index in [-0.39, 0.29) is 22.6 Å². The van der Waals surface area contributed by atoms with E-state index in [1.165, 1.54) is 12.1 Å². The Morgan fingerprint density at radius 3 is 2.87 bits per heavy atom. The fourth-order valence-corrected chi connectivity index (χ4v) is 1.78. The van der Waals surface area contributed by atoms with E-state index in [1.807, 2.05) is 6.07 Å². The number of carbonyl (C=O) groups excluding carboxylic acids is 1. The van der Waals surface area contributed by atoms with Crippen LogP contribution in [-0.4, -0.2) is 5.78 Å². The van der Waals surface area contributed by atoms with Crippen LogP contribution in [-0.2, 0) is 0 Å². The second kappa shape index (κ2) is 3.63. The molecule has 0 heterocycles. The SMILES string of the molecule is N#CC1CC1C(=O)c1ccc(F)cc1Cl. The van der Waals surface area contributed by atoms with E-state index in [2.05, 4.69) is 0 Å². The monoisotopic (exact) mass is 223 g/mol. The highest BCUT2D eigenvalue weighted by molar-refractivity contribution is 6.34. The molecule has 1 saturated carbocycles. The predicted octanol–water partition coefficient (Wildman–Crippen LogP) is 2.82. The molecule has 0 bridgehead atoms. The zero-order chi connectivity index (χ0) is 11.0. The maximum atomic E-state index is 12.7. The molecule has 2 nitrogen and oxygen atoms in total. The third kappa shape index (κ3) is 1.86. The van der Waals surface area contributed by atoms with Crippen LogP contribution in [0.5, 0.6) is 0 Å². The molecule has 0 N–H and O–H groups in total. The number of rotatable bonds is 2. The minimum Gasteiger partial charge on any atom is -0.294 e. The molecule has 0 amide bonds. The third-order valence-electron chi connectivity index (χ3n) is 2.49. The van der Waals surface area contributed by atoms with E-state index in [0.717, 1.165) is 6.07 Å². The Balaban J connectivity index is 2.24. The van der Waals surface area contributed by atoms with Gasteiger partial charge in [0.2, 0.25) is 0 Å². The Morgan fingerprint density at radius 1 is 1.60 bits per heavy atom. The predicted molar refractivity (Wildman–Crippen MR) is 53.0 cm³/mol. The van der Waals surface area contributed by atoms with E-state index in [1.54, 1.807) is 0 Å². The van der Waals surface area contributed by atoms with E-state index < -0.39 is 5.82 Å². The van der Waals surface area contributed by atoms with Crippen LogP contribution in [0.2, 0.25) is 5.02 Å². The zero-order valence-corrected chi connectivity index (χ0v) is 8.46. The summed E-state index contributed by atoms with van der Waals surface area (Å²) in [6.07, 6.45) is 0.586. The van der Waals surface area contributed by atoms with Crippen molar-refractivity contribution in [2.24, 2.45) is 11.8 Å². The number of halogens is 2. The summed E-state index contributed by atoms with van der Waals surface area (Å²) in [4.78, 5) is 11.8. The van der Waals surface area contributed by atoms with E-state index in [9.17, 15) is 9.18 Å². The average Bonchev–Trinajstić information content (AvgIpc) is 2.95. The van der Waals surface area contributed by atoms with Gasteiger partial charge in [-0.25, -0.2) is 4.39 Å². The highest BCUT2D eigenvalue weighted by atomic mass is 35.5. The van der Waals surface area contributed by atoms with Gasteiger partial charge < -0.3 is 0 Å². The molecule has 0 spiro atoms. The summed E-state index contributed by atoms with van der Waals surface area (Å²) in [6, 6.07) is 5.71. The molecule has 1 aliphatic carbocycles. The summed E-state index contributed by atoms with van der Waals surface area (Å²) in [7, 11) is 0. The van der Waals surface area contributed by atoms with E-state index >= 15 is 0 Å². The lowest BCUT2D eigenvalue weighted by Crippen LogP contribution is -2.04. The zero-order valence-electron chi connectivity index (χ0n) is 7.71. The summed E-state index contributed by atoms with van der Waals surface area (Å²) in [5.74, 6) is -1.08. The highest BCUT2D eigenvalue weighted by Gasteiger charge is 2.43. The van der Waals surface area contributed by atoms with E-state index in [4.69, 9.17) is 16.9 Å². The molecular weight excluding hydrogens is 217 g/mol. The van der Waals surface area contributed by atoms with Gasteiger partial charge in [-0.05, 0) is 24.6 Å². The number of Topliss-reactive ketones (excluding diaryl/α,β-unsaturated/α-hetero) is 1. The largest absolute Gasteiger partial charge is 0.294 e. The maximum Gasteiger partial charge on any atom is 0.168 e. The van der Waals surface area contributed by atoms with Crippen LogP contribution in [0.4, 0.5) is 4.39 Å².